The third kappa shape index (κ3) is 3.36. The fourth-order valence-electron chi connectivity index (χ4n) is 3.31. The van der Waals surface area contributed by atoms with Crippen LogP contribution in [0.15, 0.2) is 11.4 Å². The zero-order valence-corrected chi connectivity index (χ0v) is 12.9. The van der Waals surface area contributed by atoms with Gasteiger partial charge in [0.2, 0.25) is 0 Å². The van der Waals surface area contributed by atoms with Crippen molar-refractivity contribution in [3.63, 3.8) is 0 Å². The molecule has 3 atom stereocenters. The zero-order valence-electron chi connectivity index (χ0n) is 12.0. The predicted octanol–water partition coefficient (Wildman–Crippen LogP) is 4.58. The highest BCUT2D eigenvalue weighted by atomic mass is 32.1. The zero-order chi connectivity index (χ0) is 13.0. The molecule has 1 aliphatic carbocycles. The number of hydrogen-bond donors (Lipinski definition) is 1. The Hall–Kier alpha value is -0.340. The van der Waals surface area contributed by atoms with Gasteiger partial charge in [-0.3, -0.25) is 0 Å². The lowest BCUT2D eigenvalue weighted by atomic mass is 9.71. The van der Waals surface area contributed by atoms with E-state index in [0.717, 1.165) is 17.8 Å². The first-order valence-corrected chi connectivity index (χ1v) is 8.35. The van der Waals surface area contributed by atoms with Crippen LogP contribution in [0, 0.1) is 18.8 Å². The second kappa shape index (κ2) is 6.72. The van der Waals surface area contributed by atoms with E-state index in [4.69, 9.17) is 0 Å². The van der Waals surface area contributed by atoms with E-state index in [0.29, 0.717) is 0 Å². The van der Waals surface area contributed by atoms with Crippen LogP contribution in [0.25, 0.3) is 0 Å². The Morgan fingerprint density at radius 1 is 1.39 bits per heavy atom. The maximum absolute atomic E-state index is 3.63. The summed E-state index contributed by atoms with van der Waals surface area (Å²) in [6.45, 7) is 9.33. The maximum Gasteiger partial charge on any atom is 0.00491 e. The Balaban J connectivity index is 2.04. The molecule has 3 unspecified atom stereocenters. The van der Waals surface area contributed by atoms with Gasteiger partial charge in [0, 0.05) is 4.88 Å². The lowest BCUT2D eigenvalue weighted by Crippen LogP contribution is -2.32. The highest BCUT2D eigenvalue weighted by Crippen LogP contribution is 2.42. The molecule has 0 bridgehead atoms. The number of rotatable bonds is 5. The van der Waals surface area contributed by atoms with E-state index in [9.17, 15) is 0 Å². The largest absolute Gasteiger partial charge is 0.316 e. The van der Waals surface area contributed by atoms with Gasteiger partial charge in [-0.05, 0) is 74.0 Å². The Morgan fingerprint density at radius 2 is 2.22 bits per heavy atom. The van der Waals surface area contributed by atoms with E-state index in [1.807, 2.05) is 11.3 Å². The first-order valence-electron chi connectivity index (χ1n) is 7.47. The first-order chi connectivity index (χ1) is 8.72. The summed E-state index contributed by atoms with van der Waals surface area (Å²) in [5, 5.41) is 5.90. The Bertz CT molecular complexity index is 358. The van der Waals surface area contributed by atoms with E-state index < -0.39 is 0 Å². The van der Waals surface area contributed by atoms with Crippen molar-refractivity contribution in [3.8, 4) is 0 Å². The van der Waals surface area contributed by atoms with Crippen LogP contribution < -0.4 is 5.32 Å². The molecule has 0 amide bonds. The van der Waals surface area contributed by atoms with Crippen LogP contribution in [-0.4, -0.2) is 13.1 Å². The fourth-order valence-corrected chi connectivity index (χ4v) is 4.09. The number of thiophene rings is 1. The van der Waals surface area contributed by atoms with Crippen LogP contribution in [-0.2, 0) is 0 Å². The summed E-state index contributed by atoms with van der Waals surface area (Å²) in [7, 11) is 0. The van der Waals surface area contributed by atoms with Gasteiger partial charge in [0.1, 0.15) is 0 Å². The van der Waals surface area contributed by atoms with Crippen LogP contribution >= 0.6 is 11.3 Å². The van der Waals surface area contributed by atoms with Crippen LogP contribution in [0.3, 0.4) is 0 Å². The van der Waals surface area contributed by atoms with Gasteiger partial charge in [0.25, 0.3) is 0 Å². The summed E-state index contributed by atoms with van der Waals surface area (Å²) >= 11 is 1.91. The standard InChI is InChI=1S/C16H27NS/c1-4-8-17-11-14-6-5-12(2)10-16(14)15-7-9-18-13(15)3/h7,9,12,14,16-17H,4-6,8,10-11H2,1-3H3. The van der Waals surface area contributed by atoms with E-state index in [1.165, 1.54) is 43.6 Å². The molecule has 0 radical (unpaired) electrons. The molecule has 2 rings (SSSR count). The van der Waals surface area contributed by atoms with Crippen LogP contribution in [0.4, 0.5) is 0 Å². The lowest BCUT2D eigenvalue weighted by molar-refractivity contribution is 0.242. The summed E-state index contributed by atoms with van der Waals surface area (Å²) in [5.74, 6) is 2.54. The minimum absolute atomic E-state index is 0.796. The van der Waals surface area contributed by atoms with E-state index in [1.54, 1.807) is 5.56 Å². The molecule has 1 aliphatic rings. The van der Waals surface area contributed by atoms with Crippen LogP contribution in [0.2, 0.25) is 0 Å². The van der Waals surface area contributed by atoms with Gasteiger partial charge < -0.3 is 5.32 Å². The molecule has 0 aliphatic heterocycles. The van der Waals surface area contributed by atoms with Crippen molar-refractivity contribution in [2.75, 3.05) is 13.1 Å². The highest BCUT2D eigenvalue weighted by molar-refractivity contribution is 7.10. The smallest absolute Gasteiger partial charge is 0.00491 e. The fraction of sp³-hybridized carbons (Fsp3) is 0.750. The SMILES string of the molecule is CCCNCC1CCC(C)CC1c1ccsc1C. The summed E-state index contributed by atoms with van der Waals surface area (Å²) in [5.41, 5.74) is 1.63. The molecule has 0 saturated heterocycles. The van der Waals surface area contributed by atoms with Gasteiger partial charge in [0.15, 0.2) is 0 Å². The lowest BCUT2D eigenvalue weighted by Gasteiger charge is -2.35. The van der Waals surface area contributed by atoms with E-state index in [2.05, 4.69) is 37.5 Å². The molecule has 1 nitrogen and oxygen atoms in total. The molecule has 0 spiro atoms. The maximum atomic E-state index is 3.63. The Labute approximate surface area is 116 Å². The second-order valence-corrected chi connectivity index (χ2v) is 7.04. The molecular weight excluding hydrogens is 238 g/mol. The Morgan fingerprint density at radius 3 is 2.89 bits per heavy atom. The molecule has 1 N–H and O–H groups in total. The molecule has 1 fully saturated rings. The average molecular weight is 265 g/mol. The van der Waals surface area contributed by atoms with Gasteiger partial charge in [-0.25, -0.2) is 0 Å². The van der Waals surface area contributed by atoms with E-state index >= 15 is 0 Å². The predicted molar refractivity (Wildman–Crippen MR) is 81.5 cm³/mol. The minimum Gasteiger partial charge on any atom is -0.316 e. The number of hydrogen-bond acceptors (Lipinski definition) is 2. The van der Waals surface area contributed by atoms with Gasteiger partial charge >= 0.3 is 0 Å². The van der Waals surface area contributed by atoms with Crippen molar-refractivity contribution in [1.29, 1.82) is 0 Å². The van der Waals surface area contributed by atoms with Gasteiger partial charge in [0.05, 0.1) is 0 Å². The third-order valence-electron chi connectivity index (χ3n) is 4.39. The number of aryl methyl sites for hydroxylation is 1. The molecule has 1 aromatic rings. The van der Waals surface area contributed by atoms with Crippen molar-refractivity contribution in [2.45, 2.75) is 52.4 Å². The molecule has 1 saturated carbocycles. The molecule has 0 aromatic carbocycles. The molecule has 102 valence electrons. The van der Waals surface area contributed by atoms with Crippen LogP contribution in [0.5, 0.6) is 0 Å². The van der Waals surface area contributed by atoms with Crippen molar-refractivity contribution in [3.05, 3.63) is 21.9 Å². The minimum atomic E-state index is 0.796. The van der Waals surface area contributed by atoms with Gasteiger partial charge in [-0.1, -0.05) is 20.3 Å². The Kier molecular flexibility index (Phi) is 5.25. The molecule has 1 heterocycles. The first kappa shape index (κ1) is 14.1. The molecular formula is C16H27NS. The normalized spacial score (nSPS) is 28.5. The topological polar surface area (TPSA) is 12.0 Å². The number of nitrogens with one attached hydrogen (secondary N) is 1. The average Bonchev–Trinajstić information content (AvgIpc) is 2.77. The van der Waals surface area contributed by atoms with Crippen LogP contribution in [0.1, 0.15) is 55.9 Å². The molecule has 18 heavy (non-hydrogen) atoms. The molecule has 1 aromatic heterocycles. The summed E-state index contributed by atoms with van der Waals surface area (Å²) < 4.78 is 0. The second-order valence-electron chi connectivity index (χ2n) is 5.92. The van der Waals surface area contributed by atoms with Crippen molar-refractivity contribution in [1.82, 2.24) is 5.32 Å². The van der Waals surface area contributed by atoms with Gasteiger partial charge in [-0.2, -0.15) is 0 Å². The highest BCUT2D eigenvalue weighted by Gasteiger charge is 2.30. The quantitative estimate of drug-likeness (QED) is 0.769. The van der Waals surface area contributed by atoms with Crippen molar-refractivity contribution in [2.24, 2.45) is 11.8 Å². The summed E-state index contributed by atoms with van der Waals surface area (Å²) in [6, 6.07) is 2.37. The summed E-state index contributed by atoms with van der Waals surface area (Å²) in [4.78, 5) is 1.54. The third-order valence-corrected chi connectivity index (χ3v) is 5.25. The van der Waals surface area contributed by atoms with Crippen molar-refractivity contribution >= 4 is 11.3 Å². The monoisotopic (exact) mass is 265 g/mol. The van der Waals surface area contributed by atoms with E-state index in [-0.39, 0.29) is 0 Å². The van der Waals surface area contributed by atoms with Crippen molar-refractivity contribution < 1.29 is 0 Å². The van der Waals surface area contributed by atoms with Gasteiger partial charge in [-0.15, -0.1) is 11.3 Å². The molecule has 2 heteroatoms. The summed E-state index contributed by atoms with van der Waals surface area (Å²) in [6.07, 6.45) is 5.44.